The lowest BCUT2D eigenvalue weighted by Gasteiger charge is -2.44. The molecule has 1 aromatic heterocycles. The van der Waals surface area contributed by atoms with Gasteiger partial charge in [-0.1, -0.05) is 30.3 Å². The minimum absolute atomic E-state index is 0.0413. The number of likely N-dealkylation sites (N-methyl/N-ethyl adjacent to an activating group) is 1. The highest BCUT2D eigenvalue weighted by Crippen LogP contribution is 2.42. The highest BCUT2D eigenvalue weighted by Gasteiger charge is 2.46. The number of rotatable bonds is 5. The van der Waals surface area contributed by atoms with Gasteiger partial charge in [-0.25, -0.2) is 14.1 Å². The smallest absolute Gasteiger partial charge is 0.291 e. The fourth-order valence-corrected chi connectivity index (χ4v) is 5.40. The van der Waals surface area contributed by atoms with Crippen LogP contribution in [0, 0.1) is 11.2 Å². The van der Waals surface area contributed by atoms with Crippen LogP contribution in [0.3, 0.4) is 0 Å². The van der Waals surface area contributed by atoms with Gasteiger partial charge in [0.1, 0.15) is 18.2 Å². The van der Waals surface area contributed by atoms with Gasteiger partial charge in [0, 0.05) is 30.3 Å². The standard InChI is InChI=1S/C25H25FN6O3S/c1-25(2)13-32(24(25)35)18-10-20-19(9-16(18)26)30(3)23(34)17(12-36-20)28-22(33)21-27-14-31(29-21)11-15-7-5-4-6-8-15/h4-10,14,17H,11-13H2,1-3H3,(H,28,33)/t17-/m0/s1. The lowest BCUT2D eigenvalue weighted by atomic mass is 9.82. The van der Waals surface area contributed by atoms with Crippen molar-refractivity contribution in [2.45, 2.75) is 31.3 Å². The van der Waals surface area contributed by atoms with Crippen molar-refractivity contribution in [2.24, 2.45) is 5.41 Å². The maximum absolute atomic E-state index is 15.0. The first-order chi connectivity index (χ1) is 17.1. The Labute approximate surface area is 211 Å². The summed E-state index contributed by atoms with van der Waals surface area (Å²) in [4.78, 5) is 45.9. The summed E-state index contributed by atoms with van der Waals surface area (Å²) in [6.45, 7) is 4.52. The van der Waals surface area contributed by atoms with Gasteiger partial charge in [-0.15, -0.1) is 16.9 Å². The lowest BCUT2D eigenvalue weighted by Crippen LogP contribution is -2.59. The fraction of sp³-hybridized carbons (Fsp3) is 0.320. The normalized spacial score (nSPS) is 18.9. The van der Waals surface area contributed by atoms with Crippen LogP contribution in [0.5, 0.6) is 0 Å². The van der Waals surface area contributed by atoms with E-state index in [0.29, 0.717) is 23.7 Å². The monoisotopic (exact) mass is 508 g/mol. The van der Waals surface area contributed by atoms with E-state index in [-0.39, 0.29) is 29.1 Å². The van der Waals surface area contributed by atoms with Crippen molar-refractivity contribution in [3.05, 3.63) is 66.0 Å². The number of nitrogens with zero attached hydrogens (tertiary/aromatic N) is 5. The van der Waals surface area contributed by atoms with Gasteiger partial charge in [0.15, 0.2) is 0 Å². The second-order valence-electron chi connectivity index (χ2n) is 9.53. The number of carbonyl (C=O) groups excluding carboxylic acids is 3. The maximum Gasteiger partial charge on any atom is 0.291 e. The van der Waals surface area contributed by atoms with Crippen molar-refractivity contribution in [1.82, 2.24) is 20.1 Å². The molecule has 0 spiro atoms. The zero-order chi connectivity index (χ0) is 25.6. The summed E-state index contributed by atoms with van der Waals surface area (Å²) in [7, 11) is 1.54. The number of thioether (sulfide) groups is 1. The van der Waals surface area contributed by atoms with Crippen LogP contribution in [0.15, 0.2) is 53.7 Å². The molecule has 11 heteroatoms. The van der Waals surface area contributed by atoms with E-state index in [4.69, 9.17) is 0 Å². The quantitative estimate of drug-likeness (QED) is 0.532. The third-order valence-corrected chi connectivity index (χ3v) is 7.46. The number of amides is 3. The molecule has 1 N–H and O–H groups in total. The van der Waals surface area contributed by atoms with Gasteiger partial charge in [-0.3, -0.25) is 14.4 Å². The first-order valence-electron chi connectivity index (χ1n) is 11.4. The molecule has 0 saturated carbocycles. The first-order valence-corrected chi connectivity index (χ1v) is 12.4. The molecule has 3 amide bonds. The van der Waals surface area contributed by atoms with Crippen LogP contribution in [-0.4, -0.2) is 57.9 Å². The molecule has 0 bridgehead atoms. The number of aromatic nitrogens is 3. The molecule has 0 unspecified atom stereocenters. The summed E-state index contributed by atoms with van der Waals surface area (Å²) in [5.74, 6) is -1.48. The van der Waals surface area contributed by atoms with Crippen LogP contribution in [0.4, 0.5) is 15.8 Å². The molecule has 1 saturated heterocycles. The molecular weight excluding hydrogens is 483 g/mol. The molecule has 1 atom stereocenters. The number of anilines is 2. The van der Waals surface area contributed by atoms with E-state index in [1.807, 2.05) is 44.2 Å². The summed E-state index contributed by atoms with van der Waals surface area (Å²) >= 11 is 1.32. The minimum Gasteiger partial charge on any atom is -0.337 e. The highest BCUT2D eigenvalue weighted by molar-refractivity contribution is 7.99. The Bertz CT molecular complexity index is 1360. The van der Waals surface area contributed by atoms with E-state index >= 15 is 0 Å². The minimum atomic E-state index is -0.864. The molecule has 2 aliphatic heterocycles. The van der Waals surface area contributed by atoms with Crippen molar-refractivity contribution < 1.29 is 18.8 Å². The predicted octanol–water partition coefficient (Wildman–Crippen LogP) is 2.71. The van der Waals surface area contributed by atoms with Crippen molar-refractivity contribution in [2.75, 3.05) is 29.1 Å². The molecule has 0 aliphatic carbocycles. The molecule has 3 aromatic rings. The van der Waals surface area contributed by atoms with E-state index in [2.05, 4.69) is 15.4 Å². The Balaban J connectivity index is 1.30. The van der Waals surface area contributed by atoms with Gasteiger partial charge < -0.3 is 15.1 Å². The van der Waals surface area contributed by atoms with E-state index < -0.39 is 23.2 Å². The number of benzene rings is 2. The van der Waals surface area contributed by atoms with Gasteiger partial charge in [0.25, 0.3) is 5.91 Å². The van der Waals surface area contributed by atoms with Crippen LogP contribution in [-0.2, 0) is 16.1 Å². The molecule has 9 nitrogen and oxygen atoms in total. The highest BCUT2D eigenvalue weighted by atomic mass is 32.2. The van der Waals surface area contributed by atoms with Crippen LogP contribution in [0.1, 0.15) is 30.0 Å². The van der Waals surface area contributed by atoms with Gasteiger partial charge in [-0.2, -0.15) is 0 Å². The van der Waals surface area contributed by atoms with E-state index in [9.17, 15) is 18.8 Å². The average molecular weight is 509 g/mol. The van der Waals surface area contributed by atoms with Crippen LogP contribution in [0.2, 0.25) is 0 Å². The lowest BCUT2D eigenvalue weighted by molar-refractivity contribution is -0.132. The Morgan fingerprint density at radius 1 is 1.19 bits per heavy atom. The summed E-state index contributed by atoms with van der Waals surface area (Å²) in [6, 6.07) is 11.7. The molecule has 0 radical (unpaired) electrons. The summed E-state index contributed by atoms with van der Waals surface area (Å²) < 4.78 is 16.5. The van der Waals surface area contributed by atoms with Crippen molar-refractivity contribution in [3.8, 4) is 0 Å². The molecule has 1 fully saturated rings. The molecular formula is C25H25FN6O3S. The molecule has 5 rings (SSSR count). The first kappa shape index (κ1) is 24.0. The maximum atomic E-state index is 15.0. The topological polar surface area (TPSA) is 100 Å². The second-order valence-corrected chi connectivity index (χ2v) is 10.6. The van der Waals surface area contributed by atoms with Gasteiger partial charge in [-0.05, 0) is 25.5 Å². The number of halogens is 1. The summed E-state index contributed by atoms with van der Waals surface area (Å²) in [5.41, 5.74) is 1.08. The van der Waals surface area contributed by atoms with Gasteiger partial charge in [0.05, 0.1) is 23.3 Å². The largest absolute Gasteiger partial charge is 0.337 e. The Hall–Kier alpha value is -3.73. The van der Waals surface area contributed by atoms with Crippen molar-refractivity contribution in [3.63, 3.8) is 0 Å². The molecule has 2 aromatic carbocycles. The number of carbonyl (C=O) groups is 3. The number of hydrogen-bond acceptors (Lipinski definition) is 6. The molecule has 36 heavy (non-hydrogen) atoms. The van der Waals surface area contributed by atoms with Gasteiger partial charge in [0.2, 0.25) is 17.6 Å². The van der Waals surface area contributed by atoms with E-state index in [1.54, 1.807) is 10.7 Å². The summed E-state index contributed by atoms with van der Waals surface area (Å²) in [5, 5.41) is 6.94. The number of hydrogen-bond donors (Lipinski definition) is 1. The number of β-lactam (4-membered cyclic amide) rings is 1. The predicted molar refractivity (Wildman–Crippen MR) is 133 cm³/mol. The van der Waals surface area contributed by atoms with Crippen molar-refractivity contribution in [1.29, 1.82) is 0 Å². The Morgan fingerprint density at radius 3 is 2.64 bits per heavy atom. The third-order valence-electron chi connectivity index (χ3n) is 6.32. The SMILES string of the molecule is CN1C(=O)[C@@H](NC(=O)c2ncn(Cc3ccccc3)n2)CSc2cc(N3CC(C)(C)C3=O)c(F)cc21. The van der Waals surface area contributed by atoms with Crippen LogP contribution >= 0.6 is 11.8 Å². The zero-order valence-corrected chi connectivity index (χ0v) is 20.9. The fourth-order valence-electron chi connectivity index (χ4n) is 4.29. The molecule has 3 heterocycles. The van der Waals surface area contributed by atoms with E-state index in [0.717, 1.165) is 5.56 Å². The molecule has 186 valence electrons. The van der Waals surface area contributed by atoms with Crippen LogP contribution < -0.4 is 15.1 Å². The third kappa shape index (κ3) is 4.34. The van der Waals surface area contributed by atoms with Crippen LogP contribution in [0.25, 0.3) is 0 Å². The summed E-state index contributed by atoms with van der Waals surface area (Å²) in [6.07, 6.45) is 1.47. The van der Waals surface area contributed by atoms with Gasteiger partial charge >= 0.3 is 0 Å². The Morgan fingerprint density at radius 2 is 1.94 bits per heavy atom. The number of nitrogens with one attached hydrogen (secondary N) is 1. The van der Waals surface area contributed by atoms with Crippen molar-refractivity contribution >= 4 is 40.9 Å². The number of fused-ring (bicyclic) bond motifs is 1. The molecule has 2 aliphatic rings. The zero-order valence-electron chi connectivity index (χ0n) is 20.1. The van der Waals surface area contributed by atoms with E-state index in [1.165, 1.54) is 41.0 Å². The Kier molecular flexibility index (Phi) is 6.03. The average Bonchev–Trinajstić information content (AvgIpc) is 3.30. The second kappa shape index (κ2) is 9.05.